The summed E-state index contributed by atoms with van der Waals surface area (Å²) in [5.74, 6) is 3.86. The van der Waals surface area contributed by atoms with E-state index in [1.54, 1.807) is 15.5 Å². The fourth-order valence-electron chi connectivity index (χ4n) is 22.7. The molecule has 0 amide bonds. The number of esters is 2. The number of aliphatic hydroxyl groups is 2. The van der Waals surface area contributed by atoms with Crippen LogP contribution < -0.4 is 11.1 Å². The van der Waals surface area contributed by atoms with Gasteiger partial charge in [0.2, 0.25) is 0 Å². The van der Waals surface area contributed by atoms with Gasteiger partial charge in [-0.1, -0.05) is 41.5 Å². The van der Waals surface area contributed by atoms with Crippen LogP contribution >= 0.6 is 7.82 Å². The van der Waals surface area contributed by atoms with Crippen LogP contribution in [0.1, 0.15) is 208 Å². The molecule has 0 radical (unpaired) electrons. The van der Waals surface area contributed by atoms with E-state index in [2.05, 4.69) is 71.4 Å². The smallest absolute Gasteiger partial charge is 0.463 e. The first kappa shape index (κ1) is 64.0. The van der Waals surface area contributed by atoms with Crippen molar-refractivity contribution < 1.29 is 57.3 Å². The molecule has 2 saturated heterocycles. The molecule has 0 bridgehead atoms. The molecule has 0 spiro atoms. The molecule has 4 aromatic heterocycles. The van der Waals surface area contributed by atoms with Gasteiger partial charge < -0.3 is 44.0 Å². The first-order valence-corrected chi connectivity index (χ1v) is 36.5. The number of aromatic amines is 2. The van der Waals surface area contributed by atoms with Gasteiger partial charge in [0.1, 0.15) is 25.2 Å². The second kappa shape index (κ2) is 24.7. The van der Waals surface area contributed by atoms with Crippen molar-refractivity contribution in [3.8, 4) is 0 Å². The molecule has 500 valence electrons. The fourth-order valence-corrected chi connectivity index (χ4v) is 23.7. The molecule has 25 atom stereocenters. The van der Waals surface area contributed by atoms with Crippen molar-refractivity contribution in [3.05, 3.63) is 46.0 Å². The zero-order valence-electron chi connectivity index (χ0n) is 54.2. The predicted octanol–water partition coefficient (Wildman–Crippen LogP) is 10.7. The molecule has 1 unspecified atom stereocenters. The molecule has 14 rings (SSSR count). The van der Waals surface area contributed by atoms with Crippen LogP contribution in [0.4, 0.5) is 0 Å². The predicted molar refractivity (Wildman–Crippen MR) is 334 cm³/mol. The van der Waals surface area contributed by atoms with Crippen LogP contribution in [0.15, 0.2) is 34.9 Å². The third-order valence-electron chi connectivity index (χ3n) is 27.4. The Bertz CT molecular complexity index is 3500. The van der Waals surface area contributed by atoms with Crippen LogP contribution in [-0.2, 0) is 42.1 Å². The number of hydrogen-bond acceptors (Lipinski definition) is 17. The summed E-state index contributed by atoms with van der Waals surface area (Å²) < 4.78 is 53.0. The quantitative estimate of drug-likeness (QED) is 0.0457. The average molecular weight is 1280 g/mol. The highest BCUT2D eigenvalue weighted by molar-refractivity contribution is 7.47. The van der Waals surface area contributed by atoms with Gasteiger partial charge in [0, 0.05) is 12.8 Å². The lowest BCUT2D eigenvalue weighted by Gasteiger charge is -2.62. The third-order valence-corrected chi connectivity index (χ3v) is 28.4. The van der Waals surface area contributed by atoms with E-state index >= 15 is 0 Å². The van der Waals surface area contributed by atoms with E-state index in [4.69, 9.17) is 28.0 Å². The zero-order chi connectivity index (χ0) is 63.5. The first-order chi connectivity index (χ1) is 43.5. The minimum Gasteiger partial charge on any atom is -0.463 e. The SMILES string of the molecule is C[C@H](CCC(=O)OC[C@@H]1CC[C@H](n2cnc3c(=O)[nH]cnc32)O1)[C@H]1CC[C@H]2[C@@H]3[C@H](O)C[C@@H]4C[C@H](OC(=O)CC[C@@H](C)[C@H]5CC[C@H]6[C@@H]7[C@H](O)C[C@@H]8C[C@H](OP(=O)(O)OC[C@@H]9CC[C@@H](n%10cnc%11c(=O)[nH]cnc%11%10)O9)CC[C@]8(C)[C@H]7CC[C@]56C)CC[C@]4(C)[C@H]3CC[C@]12C. The number of ether oxygens (including phenoxy) is 4. The van der Waals surface area contributed by atoms with Crippen LogP contribution in [0.5, 0.6) is 0 Å². The Balaban J connectivity index is 0.513. The number of aliphatic hydroxyl groups excluding tert-OH is 2. The molecule has 4 aromatic rings. The van der Waals surface area contributed by atoms with Crippen molar-refractivity contribution in [2.45, 2.75) is 245 Å². The molecular formula is C68H99N8O14P. The molecule has 8 aliphatic carbocycles. The average Bonchev–Trinajstić information content (AvgIpc) is 1.68. The number of nitrogens with zero attached hydrogens (tertiary/aromatic N) is 6. The van der Waals surface area contributed by atoms with Crippen molar-refractivity contribution in [1.82, 2.24) is 39.0 Å². The van der Waals surface area contributed by atoms with E-state index in [-0.39, 0.29) is 111 Å². The van der Waals surface area contributed by atoms with E-state index in [1.165, 1.54) is 19.0 Å². The van der Waals surface area contributed by atoms with Crippen molar-refractivity contribution in [2.24, 2.45) is 92.7 Å². The van der Waals surface area contributed by atoms with Crippen LogP contribution in [0, 0.1) is 92.7 Å². The minimum atomic E-state index is -4.42. The van der Waals surface area contributed by atoms with E-state index in [0.717, 1.165) is 103 Å². The third kappa shape index (κ3) is 11.5. The van der Waals surface area contributed by atoms with Crippen molar-refractivity contribution in [2.75, 3.05) is 13.2 Å². The molecule has 91 heavy (non-hydrogen) atoms. The van der Waals surface area contributed by atoms with Crippen LogP contribution in [0.3, 0.4) is 0 Å². The summed E-state index contributed by atoms with van der Waals surface area (Å²) in [5, 5.41) is 24.4. The number of imidazole rings is 2. The van der Waals surface area contributed by atoms with Gasteiger partial charge in [-0.3, -0.25) is 37.4 Å². The number of rotatable bonds is 18. The summed E-state index contributed by atoms with van der Waals surface area (Å²) >= 11 is 0. The number of H-pyrrole nitrogens is 2. The highest BCUT2D eigenvalue weighted by Gasteiger charge is 2.65. The monoisotopic (exact) mass is 1280 g/mol. The molecule has 0 aromatic carbocycles. The van der Waals surface area contributed by atoms with Crippen molar-refractivity contribution in [3.63, 3.8) is 0 Å². The second-order valence-corrected chi connectivity index (χ2v) is 33.0. The fraction of sp³-hybridized carbons (Fsp3) is 0.824. The number of fused-ring (bicyclic) bond motifs is 12. The Morgan fingerprint density at radius 1 is 0.604 bits per heavy atom. The van der Waals surface area contributed by atoms with Gasteiger partial charge >= 0.3 is 19.8 Å². The maximum Gasteiger partial charge on any atom is 0.472 e. The van der Waals surface area contributed by atoms with Crippen LogP contribution in [-0.4, -0.2) is 116 Å². The summed E-state index contributed by atoms with van der Waals surface area (Å²) in [7, 11) is -4.42. The van der Waals surface area contributed by atoms with Gasteiger partial charge in [0.15, 0.2) is 22.3 Å². The zero-order valence-corrected chi connectivity index (χ0v) is 55.1. The maximum absolute atomic E-state index is 13.9. The Morgan fingerprint density at radius 3 is 1.59 bits per heavy atom. The van der Waals surface area contributed by atoms with Crippen LogP contribution in [0.25, 0.3) is 22.3 Å². The normalized spacial score (nSPS) is 42.3. The van der Waals surface area contributed by atoms with Gasteiger partial charge in [-0.05, 0) is 234 Å². The van der Waals surface area contributed by atoms with E-state index in [0.29, 0.717) is 116 Å². The molecule has 23 heteroatoms. The van der Waals surface area contributed by atoms with E-state index in [1.807, 2.05) is 0 Å². The summed E-state index contributed by atoms with van der Waals surface area (Å²) in [6.45, 7) is 14.6. The van der Waals surface area contributed by atoms with Crippen LogP contribution in [0.2, 0.25) is 0 Å². The highest BCUT2D eigenvalue weighted by atomic mass is 31.2. The number of hydrogen-bond donors (Lipinski definition) is 5. The van der Waals surface area contributed by atoms with Gasteiger partial charge in [-0.15, -0.1) is 0 Å². The summed E-state index contributed by atoms with van der Waals surface area (Å²) in [6, 6.07) is 0. The summed E-state index contributed by atoms with van der Waals surface area (Å²) in [6.07, 6.45) is 22.8. The van der Waals surface area contributed by atoms with Crippen molar-refractivity contribution in [1.29, 1.82) is 0 Å². The Hall–Kier alpha value is -4.41. The number of phosphoric acid groups is 1. The number of carbonyl (C=O) groups is 2. The van der Waals surface area contributed by atoms with Gasteiger partial charge in [0.25, 0.3) is 11.1 Å². The van der Waals surface area contributed by atoms with Crippen molar-refractivity contribution >= 4 is 42.1 Å². The molecule has 5 N–H and O–H groups in total. The van der Waals surface area contributed by atoms with E-state index in [9.17, 15) is 38.8 Å². The second-order valence-electron chi connectivity index (χ2n) is 31.6. The van der Waals surface area contributed by atoms with E-state index < -0.39 is 32.4 Å². The Morgan fingerprint density at radius 2 is 1.07 bits per heavy atom. The molecular weight excluding hydrogens is 1180 g/mol. The Kier molecular flexibility index (Phi) is 17.3. The summed E-state index contributed by atoms with van der Waals surface area (Å²) in [4.78, 5) is 84.5. The molecule has 10 aliphatic rings. The standard InChI is InChI=1S/C68H99N8O14P/c1-37(7-17-55(79)85-31-43-9-15-53(87-43)75-35-73-59-61(75)69-33-71-63(59)81)45-11-13-47-57-49(21-25-67(45,47)5)65(3)23-19-41(27-39(65)29-51(57)77)89-56(80)18-8-38(2)46-12-14-48-58-50(22-26-68(46,48)6)66(4)24-20-42(28-40(66)30-52(58)78)90-91(83,84)86-32-44-10-16-54(88-44)76-36-74-60-62(76)70-34-72-64(60)82/h33-54,57-58,77-78H,7-32H2,1-6H3,(H,83,84)(H,69,71,81)(H,70,72,82)/t37-,38-,39+,40+,41-,42-,43+,44+,45-,46-,47+,48+,49+,50+,51-,52-,53-,54+,57+,58+,65+,66+,67-,68-/m1/s1. The minimum absolute atomic E-state index is 0.0145. The molecule has 2 aliphatic heterocycles. The lowest BCUT2D eigenvalue weighted by atomic mass is 9.43. The Labute approximate surface area is 532 Å². The number of aromatic nitrogens is 8. The maximum atomic E-state index is 13.9. The highest BCUT2D eigenvalue weighted by Crippen LogP contribution is 2.71. The lowest BCUT2D eigenvalue weighted by Crippen LogP contribution is -2.58. The van der Waals surface area contributed by atoms with Gasteiger partial charge in [-0.2, -0.15) is 0 Å². The number of nitrogens with one attached hydrogen (secondary N) is 2. The lowest BCUT2D eigenvalue weighted by molar-refractivity contribution is -0.183. The molecule has 22 nitrogen and oxygen atoms in total. The molecule has 8 saturated carbocycles. The summed E-state index contributed by atoms with van der Waals surface area (Å²) in [5.41, 5.74) is 1.01. The number of carbonyl (C=O) groups excluding carboxylic acids is 2. The number of phosphoric ester groups is 1. The largest absolute Gasteiger partial charge is 0.472 e. The molecule has 6 heterocycles. The first-order valence-electron chi connectivity index (χ1n) is 35.0. The van der Waals surface area contributed by atoms with Gasteiger partial charge in [-0.25, -0.2) is 24.5 Å². The molecule has 10 fully saturated rings. The van der Waals surface area contributed by atoms with Gasteiger partial charge in [0.05, 0.1) is 62.4 Å². The topological polar surface area (TPSA) is 294 Å².